The summed E-state index contributed by atoms with van der Waals surface area (Å²) < 4.78 is 22.0. The van der Waals surface area contributed by atoms with Crippen LogP contribution in [-0.2, 0) is 9.84 Å². The van der Waals surface area contributed by atoms with Crippen molar-refractivity contribution in [3.05, 3.63) is 12.2 Å². The van der Waals surface area contributed by atoms with Crippen LogP contribution in [0.15, 0.2) is 12.2 Å². The Labute approximate surface area is 60.9 Å². The minimum atomic E-state index is -2.63. The molecule has 0 aromatic heterocycles. The number of sulfone groups is 1. The maximum absolute atomic E-state index is 11.0. The smallest absolute Gasteiger partial charge is 0.154 e. The lowest BCUT2D eigenvalue weighted by Gasteiger charge is -2.37. The van der Waals surface area contributed by atoms with Crippen molar-refractivity contribution in [3.8, 4) is 0 Å². The van der Waals surface area contributed by atoms with E-state index in [1.807, 2.05) is 6.08 Å². The largest absolute Gasteiger partial charge is 0.229 e. The second-order valence-corrected chi connectivity index (χ2v) is 5.34. The van der Waals surface area contributed by atoms with Crippen LogP contribution in [0.3, 0.4) is 0 Å². The molecule has 0 spiro atoms. The molecule has 10 heavy (non-hydrogen) atoms. The van der Waals surface area contributed by atoms with E-state index in [4.69, 9.17) is 0 Å². The zero-order valence-electron chi connectivity index (χ0n) is 5.66. The van der Waals surface area contributed by atoms with Gasteiger partial charge in [-0.15, -0.1) is 0 Å². The maximum Gasteiger partial charge on any atom is 0.154 e. The molecule has 0 N–H and O–H groups in total. The van der Waals surface area contributed by atoms with Crippen molar-refractivity contribution in [1.82, 2.24) is 0 Å². The summed E-state index contributed by atoms with van der Waals surface area (Å²) in [7, 11) is -2.63. The first-order valence-corrected chi connectivity index (χ1v) is 5.28. The Morgan fingerprint density at radius 3 is 2.40 bits per heavy atom. The summed E-state index contributed by atoms with van der Waals surface area (Å²) >= 11 is 0. The molecule has 1 saturated heterocycles. The van der Waals surface area contributed by atoms with Crippen molar-refractivity contribution in [2.45, 2.75) is 18.1 Å². The van der Waals surface area contributed by atoms with E-state index in [1.165, 1.54) is 0 Å². The van der Waals surface area contributed by atoms with Crippen molar-refractivity contribution in [1.29, 1.82) is 0 Å². The van der Waals surface area contributed by atoms with Crippen LogP contribution in [0.4, 0.5) is 0 Å². The highest BCUT2D eigenvalue weighted by atomic mass is 32.2. The standard InChI is InChI=1S/C7H10O2S/c8-10(9)5-6-3-1-2-4-7(6)10/h1-2,6-7H,3-5H2/t6-,7-/m0/s1. The number of fused-ring (bicyclic) bond motifs is 1. The van der Waals surface area contributed by atoms with Gasteiger partial charge < -0.3 is 0 Å². The van der Waals surface area contributed by atoms with Gasteiger partial charge in [-0.1, -0.05) is 12.2 Å². The first-order chi connectivity index (χ1) is 4.70. The number of hydrogen-bond acceptors (Lipinski definition) is 2. The molecule has 0 bridgehead atoms. The molecular formula is C7H10O2S. The first-order valence-electron chi connectivity index (χ1n) is 3.57. The van der Waals surface area contributed by atoms with E-state index in [0.717, 1.165) is 12.8 Å². The van der Waals surface area contributed by atoms with E-state index < -0.39 is 9.84 Å². The van der Waals surface area contributed by atoms with Crippen LogP contribution in [0.25, 0.3) is 0 Å². The molecule has 0 unspecified atom stereocenters. The zero-order valence-corrected chi connectivity index (χ0v) is 6.47. The average Bonchev–Trinajstić information content (AvgIpc) is 1.86. The Kier molecular flexibility index (Phi) is 1.18. The molecule has 0 aromatic rings. The van der Waals surface area contributed by atoms with Gasteiger partial charge in [0, 0.05) is 0 Å². The predicted molar refractivity (Wildman–Crippen MR) is 39.4 cm³/mol. The summed E-state index contributed by atoms with van der Waals surface area (Å²) in [6, 6.07) is 0. The topological polar surface area (TPSA) is 34.1 Å². The lowest BCUT2D eigenvalue weighted by Crippen LogP contribution is -2.47. The highest BCUT2D eigenvalue weighted by Crippen LogP contribution is 2.36. The molecule has 2 rings (SSSR count). The molecule has 1 fully saturated rings. The lowest BCUT2D eigenvalue weighted by molar-refractivity contribution is 0.441. The Hall–Kier alpha value is -0.310. The SMILES string of the molecule is O=S1(=O)C[C@@H]2CC=CC[C@@H]21. The van der Waals surface area contributed by atoms with Crippen molar-refractivity contribution in [2.24, 2.45) is 5.92 Å². The fraction of sp³-hybridized carbons (Fsp3) is 0.714. The number of rotatable bonds is 0. The monoisotopic (exact) mass is 158 g/mol. The van der Waals surface area contributed by atoms with E-state index in [0.29, 0.717) is 11.7 Å². The third-order valence-corrected chi connectivity index (χ3v) is 4.80. The highest BCUT2D eigenvalue weighted by Gasteiger charge is 2.45. The maximum atomic E-state index is 11.0. The van der Waals surface area contributed by atoms with Gasteiger partial charge in [0.1, 0.15) is 0 Å². The van der Waals surface area contributed by atoms with E-state index in [2.05, 4.69) is 6.08 Å². The summed E-state index contributed by atoms with van der Waals surface area (Å²) in [6.07, 6.45) is 5.81. The minimum Gasteiger partial charge on any atom is -0.229 e. The summed E-state index contributed by atoms with van der Waals surface area (Å²) in [5.74, 6) is 0.886. The van der Waals surface area contributed by atoms with Gasteiger partial charge in [0.25, 0.3) is 0 Å². The van der Waals surface area contributed by atoms with Crippen molar-refractivity contribution in [3.63, 3.8) is 0 Å². The van der Waals surface area contributed by atoms with Gasteiger partial charge in [-0.25, -0.2) is 8.42 Å². The van der Waals surface area contributed by atoms with Gasteiger partial charge in [-0.2, -0.15) is 0 Å². The Bertz CT molecular complexity index is 263. The van der Waals surface area contributed by atoms with E-state index in [-0.39, 0.29) is 5.25 Å². The van der Waals surface area contributed by atoms with Gasteiger partial charge in [-0.3, -0.25) is 0 Å². The van der Waals surface area contributed by atoms with Crippen LogP contribution in [0.2, 0.25) is 0 Å². The van der Waals surface area contributed by atoms with Crippen molar-refractivity contribution < 1.29 is 8.42 Å². The molecule has 0 radical (unpaired) electrons. The van der Waals surface area contributed by atoms with Crippen LogP contribution in [0, 0.1) is 5.92 Å². The summed E-state index contributed by atoms with van der Waals surface area (Å²) in [5, 5.41) is -0.0162. The molecule has 0 aromatic carbocycles. The molecule has 1 heterocycles. The molecule has 2 atom stereocenters. The summed E-state index contributed by atoms with van der Waals surface area (Å²) in [4.78, 5) is 0. The molecule has 1 aliphatic carbocycles. The molecule has 56 valence electrons. The predicted octanol–water partition coefficient (Wildman–Crippen LogP) is 0.750. The Morgan fingerprint density at radius 1 is 1.20 bits per heavy atom. The summed E-state index contributed by atoms with van der Waals surface area (Å²) in [6.45, 7) is 0. The third-order valence-electron chi connectivity index (χ3n) is 2.41. The van der Waals surface area contributed by atoms with Crippen LogP contribution in [0.1, 0.15) is 12.8 Å². The quantitative estimate of drug-likeness (QED) is 0.487. The molecule has 2 nitrogen and oxygen atoms in total. The minimum absolute atomic E-state index is 0.0162. The molecule has 2 aliphatic rings. The molecule has 3 heteroatoms. The fourth-order valence-electron chi connectivity index (χ4n) is 1.76. The summed E-state index contributed by atoms with van der Waals surface area (Å²) in [5.41, 5.74) is 0. The second-order valence-electron chi connectivity index (χ2n) is 3.07. The molecule has 1 aliphatic heterocycles. The molecule has 0 amide bonds. The van der Waals surface area contributed by atoms with Gasteiger partial charge >= 0.3 is 0 Å². The average molecular weight is 158 g/mol. The number of allylic oxidation sites excluding steroid dienone is 2. The lowest BCUT2D eigenvalue weighted by atomic mass is 9.95. The molecule has 0 saturated carbocycles. The van der Waals surface area contributed by atoms with Crippen LogP contribution in [-0.4, -0.2) is 19.4 Å². The third kappa shape index (κ3) is 0.732. The van der Waals surface area contributed by atoms with E-state index in [9.17, 15) is 8.42 Å². The first kappa shape index (κ1) is 6.40. The number of hydrogen-bond donors (Lipinski definition) is 0. The van der Waals surface area contributed by atoms with Crippen molar-refractivity contribution >= 4 is 9.84 Å². The van der Waals surface area contributed by atoms with Gasteiger partial charge in [0.2, 0.25) is 0 Å². The van der Waals surface area contributed by atoms with Crippen LogP contribution in [0.5, 0.6) is 0 Å². The van der Waals surface area contributed by atoms with E-state index in [1.54, 1.807) is 0 Å². The molecular weight excluding hydrogens is 148 g/mol. The van der Waals surface area contributed by atoms with Crippen LogP contribution >= 0.6 is 0 Å². The second kappa shape index (κ2) is 1.84. The van der Waals surface area contributed by atoms with Crippen molar-refractivity contribution in [2.75, 3.05) is 5.75 Å². The van der Waals surface area contributed by atoms with E-state index >= 15 is 0 Å². The van der Waals surface area contributed by atoms with Gasteiger partial charge in [0.15, 0.2) is 9.84 Å². The zero-order chi connectivity index (χ0) is 7.19. The highest BCUT2D eigenvalue weighted by molar-refractivity contribution is 7.93. The van der Waals surface area contributed by atoms with Gasteiger partial charge in [0.05, 0.1) is 11.0 Å². The Balaban J connectivity index is 2.26. The van der Waals surface area contributed by atoms with Crippen LogP contribution < -0.4 is 0 Å². The fourth-order valence-corrected chi connectivity index (χ4v) is 3.81. The normalized spacial score (nSPS) is 42.0. The Morgan fingerprint density at radius 2 is 1.90 bits per heavy atom. The van der Waals surface area contributed by atoms with Gasteiger partial charge in [-0.05, 0) is 18.8 Å².